The van der Waals surface area contributed by atoms with Gasteiger partial charge in [0.2, 0.25) is 11.6 Å². The number of nitrogen functional groups attached to an aromatic ring is 1. The van der Waals surface area contributed by atoms with Gasteiger partial charge in [0, 0.05) is 0 Å². The van der Waals surface area contributed by atoms with Crippen molar-refractivity contribution in [2.45, 2.75) is 0 Å². The van der Waals surface area contributed by atoms with Crippen LogP contribution in [-0.2, 0) is 0 Å². The van der Waals surface area contributed by atoms with Crippen molar-refractivity contribution < 1.29 is 14.4 Å². The molecule has 0 radical (unpaired) electrons. The molecule has 2 aromatic rings. The highest BCUT2D eigenvalue weighted by molar-refractivity contribution is 5.97. The standard InChI is InChI=1S/C12H11N5O4/c1-20-7-2-3-10(9(6-7)17(18)19)21-12-8(11(13)14)4-5-15-16-12/h2-6H,1H3,(H3,13,14). The molecule has 9 nitrogen and oxygen atoms in total. The lowest BCUT2D eigenvalue weighted by Crippen LogP contribution is -2.13. The first-order chi connectivity index (χ1) is 10.0. The molecule has 1 heterocycles. The van der Waals surface area contributed by atoms with Crippen molar-refractivity contribution in [2.24, 2.45) is 5.73 Å². The summed E-state index contributed by atoms with van der Waals surface area (Å²) in [7, 11) is 1.40. The van der Waals surface area contributed by atoms with E-state index < -0.39 is 4.92 Å². The summed E-state index contributed by atoms with van der Waals surface area (Å²) in [6, 6.07) is 5.53. The lowest BCUT2D eigenvalue weighted by Gasteiger charge is -2.09. The fourth-order valence-corrected chi connectivity index (χ4v) is 1.56. The Morgan fingerprint density at radius 2 is 2.19 bits per heavy atom. The van der Waals surface area contributed by atoms with Crippen molar-refractivity contribution in [2.75, 3.05) is 7.11 Å². The Hall–Kier alpha value is -3.23. The number of hydrogen-bond acceptors (Lipinski definition) is 7. The lowest BCUT2D eigenvalue weighted by molar-refractivity contribution is -0.385. The molecular weight excluding hydrogens is 278 g/mol. The van der Waals surface area contributed by atoms with Crippen LogP contribution in [0.1, 0.15) is 5.56 Å². The average molecular weight is 289 g/mol. The largest absolute Gasteiger partial charge is 0.496 e. The summed E-state index contributed by atoms with van der Waals surface area (Å²) in [4.78, 5) is 10.5. The number of nitrogens with zero attached hydrogens (tertiary/aromatic N) is 3. The van der Waals surface area contributed by atoms with Gasteiger partial charge < -0.3 is 15.2 Å². The molecule has 0 spiro atoms. The molecule has 0 fully saturated rings. The van der Waals surface area contributed by atoms with Crippen LogP contribution in [0.4, 0.5) is 5.69 Å². The predicted octanol–water partition coefficient (Wildman–Crippen LogP) is 1.47. The summed E-state index contributed by atoms with van der Waals surface area (Å²) in [6.45, 7) is 0. The molecule has 0 aliphatic carbocycles. The second-order valence-corrected chi connectivity index (χ2v) is 3.86. The fourth-order valence-electron chi connectivity index (χ4n) is 1.56. The highest BCUT2D eigenvalue weighted by Gasteiger charge is 2.19. The number of hydrogen-bond donors (Lipinski definition) is 2. The molecule has 21 heavy (non-hydrogen) atoms. The van der Waals surface area contributed by atoms with Gasteiger partial charge in [0.1, 0.15) is 11.6 Å². The van der Waals surface area contributed by atoms with Gasteiger partial charge in [-0.1, -0.05) is 0 Å². The average Bonchev–Trinajstić information content (AvgIpc) is 2.47. The number of rotatable bonds is 5. The van der Waals surface area contributed by atoms with Gasteiger partial charge in [0.25, 0.3) is 0 Å². The molecule has 2 rings (SSSR count). The maximum absolute atomic E-state index is 11.1. The van der Waals surface area contributed by atoms with Crippen molar-refractivity contribution in [3.8, 4) is 17.4 Å². The molecule has 0 aliphatic heterocycles. The van der Waals surface area contributed by atoms with Crippen LogP contribution in [0.3, 0.4) is 0 Å². The fraction of sp³-hybridized carbons (Fsp3) is 0.0833. The van der Waals surface area contributed by atoms with E-state index in [0.29, 0.717) is 5.75 Å². The maximum Gasteiger partial charge on any atom is 0.315 e. The highest BCUT2D eigenvalue weighted by Crippen LogP contribution is 2.34. The van der Waals surface area contributed by atoms with Gasteiger partial charge in [-0.05, 0) is 18.2 Å². The molecule has 0 saturated heterocycles. The molecule has 0 aliphatic rings. The van der Waals surface area contributed by atoms with Crippen molar-refractivity contribution in [3.05, 3.63) is 46.1 Å². The van der Waals surface area contributed by atoms with E-state index in [9.17, 15) is 10.1 Å². The summed E-state index contributed by atoms with van der Waals surface area (Å²) >= 11 is 0. The van der Waals surface area contributed by atoms with E-state index in [4.69, 9.17) is 20.6 Å². The topological polar surface area (TPSA) is 137 Å². The van der Waals surface area contributed by atoms with Crippen LogP contribution in [0, 0.1) is 15.5 Å². The number of methoxy groups -OCH3 is 1. The van der Waals surface area contributed by atoms with Crippen LogP contribution in [0.15, 0.2) is 30.5 Å². The molecule has 1 aromatic heterocycles. The summed E-state index contributed by atoms with van der Waals surface area (Å²) in [5.41, 5.74) is 5.29. The Labute approximate surface area is 119 Å². The van der Waals surface area contributed by atoms with Crippen molar-refractivity contribution in [3.63, 3.8) is 0 Å². The van der Waals surface area contributed by atoms with Crippen LogP contribution in [0.2, 0.25) is 0 Å². The van der Waals surface area contributed by atoms with Gasteiger partial charge in [-0.15, -0.1) is 5.10 Å². The number of aromatic nitrogens is 2. The minimum Gasteiger partial charge on any atom is -0.496 e. The minimum absolute atomic E-state index is 0.0520. The number of nitro benzene ring substituents is 1. The Morgan fingerprint density at radius 1 is 1.43 bits per heavy atom. The van der Waals surface area contributed by atoms with Crippen LogP contribution < -0.4 is 15.2 Å². The van der Waals surface area contributed by atoms with Crippen LogP contribution in [0.5, 0.6) is 17.4 Å². The summed E-state index contributed by atoms with van der Waals surface area (Å²) in [5, 5.41) is 25.8. The molecule has 0 unspecified atom stereocenters. The molecular formula is C12H11N5O4. The molecule has 3 N–H and O–H groups in total. The van der Waals surface area contributed by atoms with E-state index in [-0.39, 0.29) is 28.7 Å². The van der Waals surface area contributed by atoms with Gasteiger partial charge in [-0.3, -0.25) is 15.5 Å². The number of amidine groups is 1. The van der Waals surface area contributed by atoms with E-state index >= 15 is 0 Å². The van der Waals surface area contributed by atoms with Gasteiger partial charge in [0.05, 0.1) is 29.9 Å². The van der Waals surface area contributed by atoms with Crippen molar-refractivity contribution in [1.29, 1.82) is 5.41 Å². The first-order valence-electron chi connectivity index (χ1n) is 5.69. The number of nitrogens with two attached hydrogens (primary N) is 1. The predicted molar refractivity (Wildman–Crippen MR) is 72.8 cm³/mol. The quantitative estimate of drug-likeness (QED) is 0.368. The Balaban J connectivity index is 2.45. The smallest absolute Gasteiger partial charge is 0.315 e. The Bertz CT molecular complexity index is 704. The third kappa shape index (κ3) is 3.03. The molecule has 0 saturated carbocycles. The normalized spacial score (nSPS) is 9.95. The Kier molecular flexibility index (Phi) is 3.93. The number of nitrogens with one attached hydrogen (secondary N) is 1. The van der Waals surface area contributed by atoms with Crippen molar-refractivity contribution in [1.82, 2.24) is 10.2 Å². The van der Waals surface area contributed by atoms with Crippen LogP contribution >= 0.6 is 0 Å². The van der Waals surface area contributed by atoms with Crippen LogP contribution in [-0.4, -0.2) is 28.1 Å². The van der Waals surface area contributed by atoms with Gasteiger partial charge in [-0.2, -0.15) is 5.10 Å². The molecule has 1 aromatic carbocycles. The summed E-state index contributed by atoms with van der Waals surface area (Å²) < 4.78 is 10.3. The van der Waals surface area contributed by atoms with Gasteiger partial charge in [-0.25, -0.2) is 0 Å². The zero-order valence-corrected chi connectivity index (χ0v) is 10.9. The van der Waals surface area contributed by atoms with Gasteiger partial charge in [0.15, 0.2) is 0 Å². The summed E-state index contributed by atoms with van der Waals surface area (Å²) in [6.07, 6.45) is 1.34. The zero-order chi connectivity index (χ0) is 15.4. The number of nitro groups is 1. The first-order valence-corrected chi connectivity index (χ1v) is 5.69. The molecule has 9 heteroatoms. The van der Waals surface area contributed by atoms with E-state index in [1.807, 2.05) is 0 Å². The van der Waals surface area contributed by atoms with E-state index in [1.54, 1.807) is 0 Å². The maximum atomic E-state index is 11.1. The molecule has 0 amide bonds. The summed E-state index contributed by atoms with van der Waals surface area (Å²) in [5.74, 6) is -0.0990. The molecule has 0 atom stereocenters. The van der Waals surface area contributed by atoms with E-state index in [2.05, 4.69) is 10.2 Å². The second kappa shape index (κ2) is 5.82. The van der Waals surface area contributed by atoms with Gasteiger partial charge >= 0.3 is 5.69 Å². The third-order valence-corrected chi connectivity index (χ3v) is 2.55. The lowest BCUT2D eigenvalue weighted by atomic mass is 10.2. The molecule has 0 bridgehead atoms. The second-order valence-electron chi connectivity index (χ2n) is 3.86. The van der Waals surface area contributed by atoms with E-state index in [1.165, 1.54) is 37.6 Å². The van der Waals surface area contributed by atoms with E-state index in [0.717, 1.165) is 0 Å². The minimum atomic E-state index is -0.609. The number of ether oxygens (including phenoxy) is 2. The first kappa shape index (κ1) is 14.2. The van der Waals surface area contributed by atoms with Crippen LogP contribution in [0.25, 0.3) is 0 Å². The SMILES string of the molecule is COc1ccc(Oc2nnccc2C(=N)N)c([N+](=O)[O-])c1. The molecule has 108 valence electrons. The zero-order valence-electron chi connectivity index (χ0n) is 10.9. The monoisotopic (exact) mass is 289 g/mol. The Morgan fingerprint density at radius 3 is 2.81 bits per heavy atom. The van der Waals surface area contributed by atoms with Crippen molar-refractivity contribution >= 4 is 11.5 Å². The third-order valence-electron chi connectivity index (χ3n) is 2.55. The highest BCUT2D eigenvalue weighted by atomic mass is 16.6. The number of benzene rings is 1.